The average molecular weight is 245 g/mol. The third kappa shape index (κ3) is 13.6. The minimum Gasteiger partial charge on any atom is -0.303 e. The van der Waals surface area contributed by atoms with E-state index in [9.17, 15) is 4.79 Å². The van der Waals surface area contributed by atoms with Gasteiger partial charge in [0.05, 0.1) is 6.04 Å². The number of carbonyl (C=O) groups excluding carboxylic acids is 1. The molecular formula is C15H35NO. The van der Waals surface area contributed by atoms with E-state index in [1.807, 2.05) is 55.4 Å². The Hall–Kier alpha value is -0.370. The lowest BCUT2D eigenvalue weighted by Gasteiger charge is -2.29. The first-order valence-corrected chi connectivity index (χ1v) is 6.86. The van der Waals surface area contributed by atoms with Gasteiger partial charge >= 0.3 is 0 Å². The van der Waals surface area contributed by atoms with Crippen molar-refractivity contribution in [3.05, 3.63) is 0 Å². The van der Waals surface area contributed by atoms with E-state index in [1.165, 1.54) is 0 Å². The van der Waals surface area contributed by atoms with E-state index in [0.29, 0.717) is 0 Å². The highest BCUT2D eigenvalue weighted by Crippen LogP contribution is 2.17. The Morgan fingerprint density at radius 2 is 1.18 bits per heavy atom. The fourth-order valence-electron chi connectivity index (χ4n) is 1.36. The van der Waals surface area contributed by atoms with Gasteiger partial charge in [0.15, 0.2) is 5.78 Å². The number of hydrogen-bond acceptors (Lipinski definition) is 2. The minimum atomic E-state index is -0.252. The molecule has 0 aliphatic rings. The molecule has 0 saturated carbocycles. The van der Waals surface area contributed by atoms with Crippen LogP contribution in [0.4, 0.5) is 0 Å². The molecule has 0 spiro atoms. The van der Waals surface area contributed by atoms with Gasteiger partial charge in [-0.05, 0) is 27.7 Å². The van der Waals surface area contributed by atoms with Crippen molar-refractivity contribution in [1.82, 2.24) is 5.32 Å². The summed E-state index contributed by atoms with van der Waals surface area (Å²) in [5.74, 6) is 0.266. The van der Waals surface area contributed by atoms with Crippen molar-refractivity contribution in [1.29, 1.82) is 0 Å². The Kier molecular flexibility index (Phi) is 12.4. The van der Waals surface area contributed by atoms with Crippen LogP contribution >= 0.6 is 0 Å². The van der Waals surface area contributed by atoms with Gasteiger partial charge in [0, 0.05) is 11.0 Å². The van der Waals surface area contributed by atoms with Gasteiger partial charge in [-0.1, -0.05) is 48.5 Å². The molecule has 0 aromatic carbocycles. The quantitative estimate of drug-likeness (QED) is 0.779. The molecule has 2 heteroatoms. The lowest BCUT2D eigenvalue weighted by molar-refractivity contribution is -0.128. The van der Waals surface area contributed by atoms with Crippen LogP contribution in [0.5, 0.6) is 0 Å². The molecule has 0 aromatic heterocycles. The second-order valence-corrected chi connectivity index (χ2v) is 5.73. The van der Waals surface area contributed by atoms with Crippen LogP contribution in [0.1, 0.15) is 76.2 Å². The normalized spacial score (nSPS) is 12.6. The van der Waals surface area contributed by atoms with Crippen molar-refractivity contribution in [3.8, 4) is 0 Å². The van der Waals surface area contributed by atoms with Gasteiger partial charge in [-0.3, -0.25) is 4.79 Å². The van der Waals surface area contributed by atoms with Crippen LogP contribution < -0.4 is 5.32 Å². The number of Topliss-reactive ketones (excluding diaryl/α,β-unsaturated/α-hetero) is 1. The summed E-state index contributed by atoms with van der Waals surface area (Å²) in [5, 5.41) is 3.28. The van der Waals surface area contributed by atoms with E-state index in [0.717, 1.165) is 0 Å². The molecule has 0 amide bonds. The first kappa shape index (κ1) is 21.9. The summed E-state index contributed by atoms with van der Waals surface area (Å²) in [6, 6.07) is -0.0694. The minimum absolute atomic E-state index is 0.000324. The number of hydrogen-bond donors (Lipinski definition) is 1. The van der Waals surface area contributed by atoms with E-state index in [-0.39, 0.29) is 22.8 Å². The third-order valence-corrected chi connectivity index (χ3v) is 1.78. The fraction of sp³-hybridized carbons (Fsp3) is 0.933. The maximum Gasteiger partial charge on any atom is 0.154 e. The van der Waals surface area contributed by atoms with Crippen molar-refractivity contribution < 1.29 is 4.79 Å². The van der Waals surface area contributed by atoms with Crippen molar-refractivity contribution in [2.75, 3.05) is 0 Å². The van der Waals surface area contributed by atoms with Gasteiger partial charge in [-0.25, -0.2) is 0 Å². The number of nitrogens with one attached hydrogen (secondary N) is 1. The Morgan fingerprint density at radius 3 is 1.35 bits per heavy atom. The first-order valence-electron chi connectivity index (χ1n) is 6.86. The molecule has 1 unspecified atom stereocenters. The Bertz CT molecular complexity index is 184. The van der Waals surface area contributed by atoms with Crippen LogP contribution in [0.2, 0.25) is 0 Å². The second-order valence-electron chi connectivity index (χ2n) is 5.73. The number of ketones is 1. The summed E-state index contributed by atoms with van der Waals surface area (Å²) in [6.45, 7) is 22.0. The maximum atomic E-state index is 11.8. The smallest absolute Gasteiger partial charge is 0.154 e. The highest BCUT2D eigenvalue weighted by molar-refractivity contribution is 5.88. The van der Waals surface area contributed by atoms with Gasteiger partial charge in [-0.15, -0.1) is 0 Å². The van der Waals surface area contributed by atoms with E-state index >= 15 is 0 Å². The molecule has 0 radical (unpaired) electrons. The first-order chi connectivity index (χ1) is 7.54. The van der Waals surface area contributed by atoms with Crippen molar-refractivity contribution in [2.45, 2.75) is 87.7 Å². The Morgan fingerprint density at radius 1 is 0.882 bits per heavy atom. The molecule has 0 heterocycles. The summed E-state index contributed by atoms with van der Waals surface area (Å²) in [7, 11) is 0. The summed E-state index contributed by atoms with van der Waals surface area (Å²) < 4.78 is 0. The van der Waals surface area contributed by atoms with Crippen molar-refractivity contribution in [2.24, 2.45) is 5.41 Å². The van der Waals surface area contributed by atoms with Crippen LogP contribution in [-0.2, 0) is 4.79 Å². The molecule has 2 nitrogen and oxygen atoms in total. The monoisotopic (exact) mass is 245 g/mol. The predicted molar refractivity (Wildman–Crippen MR) is 79.5 cm³/mol. The third-order valence-electron chi connectivity index (χ3n) is 1.78. The number of rotatable bonds is 2. The van der Waals surface area contributed by atoms with Crippen molar-refractivity contribution >= 4 is 5.78 Å². The van der Waals surface area contributed by atoms with Gasteiger partial charge in [-0.2, -0.15) is 0 Å². The van der Waals surface area contributed by atoms with Crippen molar-refractivity contribution in [3.63, 3.8) is 0 Å². The molecule has 0 aliphatic carbocycles. The molecule has 106 valence electrons. The van der Waals surface area contributed by atoms with E-state index < -0.39 is 0 Å². The molecule has 1 atom stereocenters. The summed E-state index contributed by atoms with van der Waals surface area (Å²) in [4.78, 5) is 11.8. The molecule has 0 rings (SSSR count). The zero-order valence-corrected chi connectivity index (χ0v) is 14.0. The fourth-order valence-corrected chi connectivity index (χ4v) is 1.36. The van der Waals surface area contributed by atoms with Gasteiger partial charge in [0.25, 0.3) is 0 Å². The zero-order valence-electron chi connectivity index (χ0n) is 14.0. The molecule has 0 aliphatic heterocycles. The van der Waals surface area contributed by atoms with Gasteiger partial charge in [0.2, 0.25) is 0 Å². The molecule has 0 aromatic rings. The van der Waals surface area contributed by atoms with E-state index in [4.69, 9.17) is 0 Å². The number of carbonyl (C=O) groups is 1. The summed E-state index contributed by atoms with van der Waals surface area (Å²) >= 11 is 0. The Balaban J connectivity index is -0.000000439. The van der Waals surface area contributed by atoms with Crippen LogP contribution in [0.3, 0.4) is 0 Å². The lowest BCUT2D eigenvalue weighted by atomic mass is 9.86. The van der Waals surface area contributed by atoms with Crippen LogP contribution in [0.15, 0.2) is 0 Å². The highest BCUT2D eigenvalue weighted by Gasteiger charge is 2.28. The van der Waals surface area contributed by atoms with Crippen LogP contribution in [0.25, 0.3) is 0 Å². The topological polar surface area (TPSA) is 29.1 Å². The van der Waals surface area contributed by atoms with E-state index in [2.05, 4.69) is 26.1 Å². The summed E-state index contributed by atoms with van der Waals surface area (Å²) in [6.07, 6.45) is 0. The van der Waals surface area contributed by atoms with Gasteiger partial charge in [0.1, 0.15) is 0 Å². The SMILES string of the molecule is CC.CC.CC(NC(C)(C)C)C(=O)C(C)(C)C. The molecule has 0 fully saturated rings. The summed E-state index contributed by atoms with van der Waals surface area (Å²) in [5.41, 5.74) is -0.252. The highest BCUT2D eigenvalue weighted by atomic mass is 16.1. The Labute approximate surface area is 110 Å². The average Bonchev–Trinajstić information content (AvgIpc) is 2.19. The lowest BCUT2D eigenvalue weighted by Crippen LogP contribution is -2.49. The largest absolute Gasteiger partial charge is 0.303 e. The molecule has 0 bridgehead atoms. The molecule has 0 saturated heterocycles. The molecular weight excluding hydrogens is 210 g/mol. The molecule has 1 N–H and O–H groups in total. The van der Waals surface area contributed by atoms with E-state index in [1.54, 1.807) is 0 Å². The second kappa shape index (κ2) is 9.64. The van der Waals surface area contributed by atoms with Crippen LogP contribution in [-0.4, -0.2) is 17.4 Å². The zero-order chi connectivity index (χ0) is 14.9. The predicted octanol–water partition coefficient (Wildman–Crippen LogP) is 4.43. The standard InChI is InChI=1S/C11H23NO.2C2H6/c1-8(12-11(5,6)7)9(13)10(2,3)4;2*1-2/h8,12H,1-7H3;2*1-2H3. The molecule has 17 heavy (non-hydrogen) atoms. The maximum absolute atomic E-state index is 11.8. The van der Waals surface area contributed by atoms with Crippen LogP contribution in [0, 0.1) is 5.41 Å². The van der Waals surface area contributed by atoms with Gasteiger partial charge < -0.3 is 5.32 Å².